The van der Waals surface area contributed by atoms with Gasteiger partial charge in [0, 0.05) is 16.3 Å². The summed E-state index contributed by atoms with van der Waals surface area (Å²) in [5.74, 6) is -1.72. The Kier molecular flexibility index (Phi) is 4.56. The normalized spacial score (nSPS) is 12.3. The Balaban J connectivity index is 2.16. The molecule has 0 unspecified atom stereocenters. The summed E-state index contributed by atoms with van der Waals surface area (Å²) >= 11 is 3.24. The fourth-order valence-corrected chi connectivity index (χ4v) is 2.72. The van der Waals surface area contributed by atoms with Crippen molar-refractivity contribution in [3.05, 3.63) is 47.0 Å². The van der Waals surface area contributed by atoms with E-state index < -0.39 is 21.8 Å². The SMILES string of the molecule is CS(=O)(=O)c1cnc(-n2nc(C(F)(F)F)nc2-c2ccc(Br)cc2)nc1. The largest absolute Gasteiger partial charge is 0.453 e. The average molecular weight is 448 g/mol. The molecular formula is C14H9BrF3N5O2S. The second-order valence-electron chi connectivity index (χ2n) is 5.17. The molecule has 26 heavy (non-hydrogen) atoms. The molecule has 0 spiro atoms. The molecule has 0 N–H and O–H groups in total. The van der Waals surface area contributed by atoms with Crippen LogP contribution in [0.5, 0.6) is 0 Å². The summed E-state index contributed by atoms with van der Waals surface area (Å²) in [6.45, 7) is 0. The van der Waals surface area contributed by atoms with Crippen LogP contribution in [0.15, 0.2) is 46.0 Å². The van der Waals surface area contributed by atoms with E-state index in [1.165, 1.54) is 0 Å². The molecule has 2 aromatic heterocycles. The number of hydrogen-bond acceptors (Lipinski definition) is 6. The summed E-state index contributed by atoms with van der Waals surface area (Å²) in [5, 5.41) is 3.44. The maximum atomic E-state index is 13.0. The maximum Gasteiger partial charge on any atom is 0.453 e. The third-order valence-electron chi connectivity index (χ3n) is 3.20. The first-order chi connectivity index (χ1) is 12.1. The number of halogens is 4. The van der Waals surface area contributed by atoms with Crippen LogP contribution >= 0.6 is 15.9 Å². The van der Waals surface area contributed by atoms with Gasteiger partial charge in [-0.3, -0.25) is 0 Å². The first-order valence-corrected chi connectivity index (χ1v) is 9.57. The topological polar surface area (TPSA) is 90.6 Å². The molecule has 0 atom stereocenters. The standard InChI is InChI=1S/C14H9BrF3N5O2S/c1-26(24,25)10-6-19-13(20-7-10)23-11(8-2-4-9(15)5-3-8)21-12(22-23)14(16,17)18/h2-7H,1H3. The minimum absolute atomic E-state index is 0.128. The zero-order valence-corrected chi connectivity index (χ0v) is 15.3. The number of hydrogen-bond donors (Lipinski definition) is 0. The lowest BCUT2D eigenvalue weighted by Crippen LogP contribution is -2.10. The smallest absolute Gasteiger partial charge is 0.224 e. The average Bonchev–Trinajstić information content (AvgIpc) is 3.00. The van der Waals surface area contributed by atoms with Gasteiger partial charge in [0.05, 0.1) is 12.4 Å². The Morgan fingerprint density at radius 2 is 1.65 bits per heavy atom. The summed E-state index contributed by atoms with van der Waals surface area (Å²) in [6, 6.07) is 6.37. The molecule has 0 fully saturated rings. The summed E-state index contributed by atoms with van der Waals surface area (Å²) in [6.07, 6.45) is -1.80. The molecule has 0 radical (unpaired) electrons. The van der Waals surface area contributed by atoms with E-state index in [0.717, 1.165) is 27.8 Å². The van der Waals surface area contributed by atoms with Crippen molar-refractivity contribution in [1.82, 2.24) is 24.7 Å². The number of alkyl halides is 3. The van der Waals surface area contributed by atoms with Crippen LogP contribution in [0, 0.1) is 0 Å². The first kappa shape index (κ1) is 18.5. The molecule has 0 saturated heterocycles. The van der Waals surface area contributed by atoms with Crippen molar-refractivity contribution in [3.63, 3.8) is 0 Å². The van der Waals surface area contributed by atoms with Crippen molar-refractivity contribution >= 4 is 25.8 Å². The molecule has 0 bridgehead atoms. The van der Waals surface area contributed by atoms with Gasteiger partial charge in [-0.05, 0) is 12.1 Å². The summed E-state index contributed by atoms with van der Waals surface area (Å²) in [7, 11) is -3.54. The van der Waals surface area contributed by atoms with Crippen LogP contribution in [-0.2, 0) is 16.0 Å². The van der Waals surface area contributed by atoms with Crippen LogP contribution in [0.3, 0.4) is 0 Å². The van der Waals surface area contributed by atoms with Crippen molar-refractivity contribution in [2.24, 2.45) is 0 Å². The van der Waals surface area contributed by atoms with E-state index in [4.69, 9.17) is 0 Å². The van der Waals surface area contributed by atoms with Crippen molar-refractivity contribution in [3.8, 4) is 17.3 Å². The molecule has 0 aliphatic carbocycles. The van der Waals surface area contributed by atoms with E-state index in [1.807, 2.05) is 0 Å². The quantitative estimate of drug-likeness (QED) is 0.612. The van der Waals surface area contributed by atoms with Crippen molar-refractivity contribution in [1.29, 1.82) is 0 Å². The molecule has 3 rings (SSSR count). The van der Waals surface area contributed by atoms with Gasteiger partial charge < -0.3 is 0 Å². The zero-order chi connectivity index (χ0) is 19.1. The van der Waals surface area contributed by atoms with Crippen molar-refractivity contribution < 1.29 is 21.6 Å². The molecule has 0 aliphatic heterocycles. The van der Waals surface area contributed by atoms with Crippen molar-refractivity contribution in [2.75, 3.05) is 6.26 Å². The maximum absolute atomic E-state index is 13.0. The van der Waals surface area contributed by atoms with E-state index >= 15 is 0 Å². The van der Waals surface area contributed by atoms with Crippen LogP contribution in [-0.4, -0.2) is 39.4 Å². The molecule has 12 heteroatoms. The van der Waals surface area contributed by atoms with Crippen molar-refractivity contribution in [2.45, 2.75) is 11.1 Å². The van der Waals surface area contributed by atoms with E-state index in [9.17, 15) is 21.6 Å². The molecule has 0 saturated carbocycles. The predicted octanol–water partition coefficient (Wildman–Crippen LogP) is 2.91. The molecule has 3 aromatic rings. The van der Waals surface area contributed by atoms with Gasteiger partial charge in [0.2, 0.25) is 0 Å². The number of aromatic nitrogens is 5. The first-order valence-electron chi connectivity index (χ1n) is 6.88. The van der Waals surface area contributed by atoms with Gasteiger partial charge in [0.1, 0.15) is 4.90 Å². The molecule has 7 nitrogen and oxygen atoms in total. The Morgan fingerprint density at radius 3 is 2.15 bits per heavy atom. The fourth-order valence-electron chi connectivity index (χ4n) is 1.97. The summed E-state index contributed by atoms with van der Waals surface area (Å²) < 4.78 is 63.6. The van der Waals surface area contributed by atoms with Gasteiger partial charge in [-0.1, -0.05) is 28.1 Å². The highest BCUT2D eigenvalue weighted by molar-refractivity contribution is 9.10. The molecule has 136 valence electrons. The minimum atomic E-state index is -4.76. The Bertz CT molecular complexity index is 1050. The highest BCUT2D eigenvalue weighted by atomic mass is 79.9. The van der Waals surface area contributed by atoms with Gasteiger partial charge in [0.25, 0.3) is 11.8 Å². The number of rotatable bonds is 3. The van der Waals surface area contributed by atoms with E-state index in [0.29, 0.717) is 5.56 Å². The van der Waals surface area contributed by atoms with Crippen LogP contribution in [0.4, 0.5) is 13.2 Å². The van der Waals surface area contributed by atoms with Crippen LogP contribution < -0.4 is 0 Å². The second kappa shape index (κ2) is 6.43. The van der Waals surface area contributed by atoms with Gasteiger partial charge in [-0.25, -0.2) is 23.4 Å². The lowest BCUT2D eigenvalue weighted by atomic mass is 10.2. The lowest BCUT2D eigenvalue weighted by molar-refractivity contribution is -0.144. The number of sulfone groups is 1. The Hall–Kier alpha value is -2.34. The van der Waals surface area contributed by atoms with E-state index in [1.54, 1.807) is 24.3 Å². The summed E-state index contributed by atoms with van der Waals surface area (Å²) in [4.78, 5) is 11.0. The van der Waals surface area contributed by atoms with Gasteiger partial charge >= 0.3 is 6.18 Å². The van der Waals surface area contributed by atoms with Gasteiger partial charge in [-0.2, -0.15) is 17.9 Å². The monoisotopic (exact) mass is 447 g/mol. The Labute approximate surface area is 154 Å². The fraction of sp³-hybridized carbons (Fsp3) is 0.143. The van der Waals surface area contributed by atoms with Crippen LogP contribution in [0.25, 0.3) is 17.3 Å². The molecular weight excluding hydrogens is 439 g/mol. The highest BCUT2D eigenvalue weighted by Gasteiger charge is 2.37. The zero-order valence-electron chi connectivity index (χ0n) is 12.9. The third kappa shape index (κ3) is 3.75. The third-order valence-corrected chi connectivity index (χ3v) is 4.79. The predicted molar refractivity (Wildman–Crippen MR) is 88.2 cm³/mol. The minimum Gasteiger partial charge on any atom is -0.224 e. The van der Waals surface area contributed by atoms with Crippen LogP contribution in [0.1, 0.15) is 5.82 Å². The molecule has 0 aliphatic rings. The summed E-state index contributed by atoms with van der Waals surface area (Å²) in [5.41, 5.74) is 0.354. The number of nitrogens with zero attached hydrogens (tertiary/aromatic N) is 5. The van der Waals surface area contributed by atoms with E-state index in [2.05, 4.69) is 36.0 Å². The van der Waals surface area contributed by atoms with Gasteiger partial charge in [-0.15, -0.1) is 5.10 Å². The molecule has 1 aromatic carbocycles. The second-order valence-corrected chi connectivity index (χ2v) is 8.10. The number of benzene rings is 1. The van der Waals surface area contributed by atoms with Crippen LogP contribution in [0.2, 0.25) is 0 Å². The molecule has 0 amide bonds. The van der Waals surface area contributed by atoms with E-state index in [-0.39, 0.29) is 16.7 Å². The molecule has 2 heterocycles. The Morgan fingerprint density at radius 1 is 1.08 bits per heavy atom. The lowest BCUT2D eigenvalue weighted by Gasteiger charge is -2.05. The highest BCUT2D eigenvalue weighted by Crippen LogP contribution is 2.30. The van der Waals surface area contributed by atoms with Gasteiger partial charge in [0.15, 0.2) is 15.7 Å².